The van der Waals surface area contributed by atoms with Gasteiger partial charge in [-0.1, -0.05) is 12.1 Å². The summed E-state index contributed by atoms with van der Waals surface area (Å²) in [5.74, 6) is 1.82. The number of anilines is 1. The Morgan fingerprint density at radius 2 is 1.78 bits per heavy atom. The molecule has 1 saturated heterocycles. The molecule has 1 aliphatic rings. The van der Waals surface area contributed by atoms with E-state index in [-0.39, 0.29) is 6.04 Å². The van der Waals surface area contributed by atoms with Crippen LogP contribution in [0.5, 0.6) is 11.6 Å². The molecule has 0 aliphatic carbocycles. The minimum Gasteiger partial charge on any atom is -0.437 e. The van der Waals surface area contributed by atoms with Crippen molar-refractivity contribution in [1.82, 2.24) is 14.9 Å². The molecule has 0 spiro atoms. The number of piperidine rings is 1. The highest BCUT2D eigenvalue weighted by Gasteiger charge is 2.21. The van der Waals surface area contributed by atoms with Crippen LogP contribution in [0.25, 0.3) is 10.2 Å². The van der Waals surface area contributed by atoms with Gasteiger partial charge in [-0.3, -0.25) is 4.90 Å². The Morgan fingerprint density at radius 3 is 2.50 bits per heavy atom. The van der Waals surface area contributed by atoms with E-state index in [1.807, 2.05) is 55.6 Å². The lowest BCUT2D eigenvalue weighted by atomic mass is 10.0. The summed E-state index contributed by atoms with van der Waals surface area (Å²) in [7, 11) is 0. The summed E-state index contributed by atoms with van der Waals surface area (Å²) in [5, 5.41) is 23.9. The molecule has 0 saturated carbocycles. The van der Waals surface area contributed by atoms with Crippen LogP contribution in [-0.4, -0.2) is 34.0 Å². The van der Waals surface area contributed by atoms with E-state index in [4.69, 9.17) is 20.0 Å². The molecule has 1 N–H and O–H groups in total. The molecular formula is C28H26N6OS. The van der Waals surface area contributed by atoms with Crippen LogP contribution in [0.2, 0.25) is 0 Å². The van der Waals surface area contributed by atoms with E-state index in [1.54, 1.807) is 11.3 Å². The van der Waals surface area contributed by atoms with Crippen molar-refractivity contribution in [1.29, 1.82) is 10.5 Å². The van der Waals surface area contributed by atoms with E-state index in [2.05, 4.69) is 28.4 Å². The largest absolute Gasteiger partial charge is 0.437 e. The maximum Gasteiger partial charge on any atom is 0.242 e. The minimum absolute atomic E-state index is 0.272. The van der Waals surface area contributed by atoms with Crippen molar-refractivity contribution in [3.05, 3.63) is 75.7 Å². The van der Waals surface area contributed by atoms with Gasteiger partial charge in [-0.2, -0.15) is 15.5 Å². The smallest absolute Gasteiger partial charge is 0.242 e. The molecule has 8 heteroatoms. The molecule has 0 bridgehead atoms. The van der Waals surface area contributed by atoms with Crippen LogP contribution in [0.15, 0.2) is 47.8 Å². The van der Waals surface area contributed by atoms with Gasteiger partial charge in [0, 0.05) is 25.7 Å². The second kappa shape index (κ2) is 10.3. The lowest BCUT2D eigenvalue weighted by Crippen LogP contribution is -2.39. The van der Waals surface area contributed by atoms with Crippen molar-refractivity contribution >= 4 is 27.5 Å². The van der Waals surface area contributed by atoms with Crippen LogP contribution >= 0.6 is 11.3 Å². The minimum atomic E-state index is 0.272. The molecule has 7 nitrogen and oxygen atoms in total. The zero-order valence-corrected chi connectivity index (χ0v) is 21.1. The standard InChI is InChI=1S/C28H26N6OS/c1-18-12-22(16-30)13-19(2)25(18)35-27-26-24(8-11-36-26)32-28(33-27)31-23-6-9-34(10-7-23)17-21-5-3-4-20(14-21)15-29/h3-5,8,11-14,23H,6-7,9-10,17H2,1-2H3,(H,31,32,33). The lowest BCUT2D eigenvalue weighted by Gasteiger charge is -2.32. The molecule has 0 radical (unpaired) electrons. The van der Waals surface area contributed by atoms with Crippen LogP contribution in [-0.2, 0) is 6.54 Å². The zero-order chi connectivity index (χ0) is 25.1. The summed E-state index contributed by atoms with van der Waals surface area (Å²) < 4.78 is 7.22. The van der Waals surface area contributed by atoms with Crippen molar-refractivity contribution in [2.24, 2.45) is 0 Å². The van der Waals surface area contributed by atoms with Crippen molar-refractivity contribution in [3.8, 4) is 23.8 Å². The molecule has 2 aromatic carbocycles. The second-order valence-electron chi connectivity index (χ2n) is 9.15. The predicted octanol–water partition coefficient (Wildman–Crippen LogP) is 5.92. The number of thiophene rings is 1. The number of aryl methyl sites for hydroxylation is 2. The normalized spacial score (nSPS) is 14.3. The van der Waals surface area contributed by atoms with E-state index in [0.29, 0.717) is 23.0 Å². The van der Waals surface area contributed by atoms with Crippen molar-refractivity contribution in [2.45, 2.75) is 39.3 Å². The van der Waals surface area contributed by atoms with Crippen LogP contribution in [0.3, 0.4) is 0 Å². The number of ether oxygens (including phenoxy) is 1. The molecular weight excluding hydrogens is 468 g/mol. The molecule has 4 aromatic rings. The summed E-state index contributed by atoms with van der Waals surface area (Å²) in [6, 6.07) is 18.2. The Labute approximate surface area is 214 Å². The number of hydrogen-bond donors (Lipinski definition) is 1. The molecule has 5 rings (SSSR count). The molecule has 1 aliphatic heterocycles. The molecule has 0 amide bonds. The van der Waals surface area contributed by atoms with Crippen LogP contribution in [0.4, 0.5) is 5.95 Å². The molecule has 2 aromatic heterocycles. The first-order valence-corrected chi connectivity index (χ1v) is 12.8. The van der Waals surface area contributed by atoms with Crippen molar-refractivity contribution < 1.29 is 4.74 Å². The summed E-state index contributed by atoms with van der Waals surface area (Å²) in [6.45, 7) is 6.66. The monoisotopic (exact) mass is 494 g/mol. The fourth-order valence-corrected chi connectivity index (χ4v) is 5.41. The predicted molar refractivity (Wildman–Crippen MR) is 141 cm³/mol. The van der Waals surface area contributed by atoms with Crippen molar-refractivity contribution in [3.63, 3.8) is 0 Å². The molecule has 36 heavy (non-hydrogen) atoms. The van der Waals surface area contributed by atoms with E-state index in [1.165, 1.54) is 5.56 Å². The quantitative estimate of drug-likeness (QED) is 0.355. The van der Waals surface area contributed by atoms with Gasteiger partial charge in [-0.15, -0.1) is 11.3 Å². The Hall–Kier alpha value is -3.98. The third-order valence-electron chi connectivity index (χ3n) is 6.44. The Kier molecular flexibility index (Phi) is 6.81. The van der Waals surface area contributed by atoms with E-state index in [0.717, 1.165) is 59.6 Å². The molecule has 0 atom stereocenters. The topological polar surface area (TPSA) is 97.9 Å². The SMILES string of the molecule is Cc1cc(C#N)cc(C)c1Oc1nc(NC2CCN(Cc3cccc(C#N)c3)CC2)nc2ccsc12. The van der Waals surface area contributed by atoms with Gasteiger partial charge in [-0.05, 0) is 79.1 Å². The van der Waals surface area contributed by atoms with Crippen LogP contribution in [0.1, 0.15) is 40.7 Å². The van der Waals surface area contributed by atoms with Gasteiger partial charge < -0.3 is 10.1 Å². The highest BCUT2D eigenvalue weighted by Crippen LogP contribution is 2.35. The Morgan fingerprint density at radius 1 is 1.03 bits per heavy atom. The van der Waals surface area contributed by atoms with E-state index >= 15 is 0 Å². The first kappa shape index (κ1) is 23.7. The van der Waals surface area contributed by atoms with Gasteiger partial charge in [0.2, 0.25) is 11.8 Å². The first-order valence-electron chi connectivity index (χ1n) is 11.9. The zero-order valence-electron chi connectivity index (χ0n) is 20.3. The van der Waals surface area contributed by atoms with Gasteiger partial charge in [-0.25, -0.2) is 4.98 Å². The van der Waals surface area contributed by atoms with Crippen molar-refractivity contribution in [2.75, 3.05) is 18.4 Å². The maximum atomic E-state index is 9.25. The molecule has 180 valence electrons. The number of likely N-dealkylation sites (tertiary alicyclic amines) is 1. The van der Waals surface area contributed by atoms with Gasteiger partial charge in [0.05, 0.1) is 28.8 Å². The van der Waals surface area contributed by atoms with E-state index in [9.17, 15) is 5.26 Å². The Balaban J connectivity index is 1.28. The number of nitrogens with one attached hydrogen (secondary N) is 1. The highest BCUT2D eigenvalue weighted by molar-refractivity contribution is 7.17. The molecule has 0 unspecified atom stereocenters. The number of nitriles is 2. The average molecular weight is 495 g/mol. The van der Waals surface area contributed by atoms with Gasteiger partial charge in [0.25, 0.3) is 0 Å². The molecule has 3 heterocycles. The van der Waals surface area contributed by atoms with Gasteiger partial charge in [0.15, 0.2) is 0 Å². The fourth-order valence-electron chi connectivity index (χ4n) is 4.66. The Bertz CT molecular complexity index is 1470. The van der Waals surface area contributed by atoms with Gasteiger partial charge >= 0.3 is 0 Å². The van der Waals surface area contributed by atoms with Crippen LogP contribution < -0.4 is 10.1 Å². The maximum absolute atomic E-state index is 9.25. The number of nitrogens with zero attached hydrogens (tertiary/aromatic N) is 5. The lowest BCUT2D eigenvalue weighted by molar-refractivity contribution is 0.211. The number of rotatable bonds is 6. The average Bonchev–Trinajstić information content (AvgIpc) is 3.36. The third-order valence-corrected chi connectivity index (χ3v) is 7.34. The van der Waals surface area contributed by atoms with E-state index < -0.39 is 0 Å². The fraction of sp³-hybridized carbons (Fsp3) is 0.286. The molecule has 1 fully saturated rings. The second-order valence-corrected chi connectivity index (χ2v) is 10.1. The summed E-state index contributed by atoms with van der Waals surface area (Å²) >= 11 is 1.55. The number of hydrogen-bond acceptors (Lipinski definition) is 8. The third kappa shape index (κ3) is 5.16. The van der Waals surface area contributed by atoms with Gasteiger partial charge in [0.1, 0.15) is 10.4 Å². The summed E-state index contributed by atoms with van der Waals surface area (Å²) in [4.78, 5) is 11.9. The number of benzene rings is 2. The first-order chi connectivity index (χ1) is 17.5. The summed E-state index contributed by atoms with van der Waals surface area (Å²) in [5.41, 5.74) is 5.14. The van der Waals surface area contributed by atoms with Crippen LogP contribution in [0, 0.1) is 36.5 Å². The summed E-state index contributed by atoms with van der Waals surface area (Å²) in [6.07, 6.45) is 1.96. The number of fused-ring (bicyclic) bond motifs is 1. The number of aromatic nitrogens is 2. The highest BCUT2D eigenvalue weighted by atomic mass is 32.1.